The predicted molar refractivity (Wildman–Crippen MR) is 122 cm³/mol. The molecule has 7 nitrogen and oxygen atoms in total. The van der Waals surface area contributed by atoms with Gasteiger partial charge >= 0.3 is 0 Å². The van der Waals surface area contributed by atoms with Crippen LogP contribution in [0.3, 0.4) is 0 Å². The second-order valence-electron chi connectivity index (χ2n) is 9.61. The van der Waals surface area contributed by atoms with Gasteiger partial charge in [-0.3, -0.25) is 9.59 Å². The topological polar surface area (TPSA) is 101 Å². The van der Waals surface area contributed by atoms with Crippen molar-refractivity contribution in [1.82, 2.24) is 9.21 Å². The molecule has 0 spiro atoms. The molecule has 3 aliphatic rings. The van der Waals surface area contributed by atoms with Gasteiger partial charge in [-0.2, -0.15) is 4.31 Å². The first-order valence-electron chi connectivity index (χ1n) is 12.0. The summed E-state index contributed by atoms with van der Waals surface area (Å²) in [6, 6.07) is 5.58. The lowest BCUT2D eigenvalue weighted by Gasteiger charge is -2.37. The fraction of sp³-hybridized carbons (Fsp3) is 0.667. The van der Waals surface area contributed by atoms with Crippen LogP contribution in [0.1, 0.15) is 62.5 Å². The number of fused-ring (bicyclic) bond motifs is 1. The summed E-state index contributed by atoms with van der Waals surface area (Å²) < 4.78 is 28.0. The van der Waals surface area contributed by atoms with Crippen LogP contribution in [0, 0.1) is 11.8 Å². The van der Waals surface area contributed by atoms with Gasteiger partial charge in [0.2, 0.25) is 21.8 Å². The number of hydrogen-bond donors (Lipinski definition) is 1. The van der Waals surface area contributed by atoms with Crippen LogP contribution in [-0.2, 0) is 32.5 Å². The number of piperidine rings is 2. The third kappa shape index (κ3) is 5.17. The molecule has 1 aliphatic carbocycles. The van der Waals surface area contributed by atoms with Crippen LogP contribution in [-0.4, -0.2) is 55.6 Å². The van der Waals surface area contributed by atoms with Gasteiger partial charge in [0.1, 0.15) is 0 Å². The van der Waals surface area contributed by atoms with E-state index in [0.717, 1.165) is 45.1 Å². The molecular formula is C24H35N3O4S. The van der Waals surface area contributed by atoms with E-state index in [1.165, 1.54) is 17.5 Å². The molecule has 176 valence electrons. The lowest BCUT2D eigenvalue weighted by Crippen LogP contribution is -2.47. The van der Waals surface area contributed by atoms with Gasteiger partial charge in [0.05, 0.1) is 4.90 Å². The number of nitrogens with zero attached hydrogens (tertiary/aromatic N) is 2. The summed E-state index contributed by atoms with van der Waals surface area (Å²) in [7, 11) is -3.53. The lowest BCUT2D eigenvalue weighted by atomic mass is 9.90. The molecule has 32 heavy (non-hydrogen) atoms. The molecule has 0 saturated carbocycles. The highest BCUT2D eigenvalue weighted by atomic mass is 32.2. The van der Waals surface area contributed by atoms with Gasteiger partial charge in [0.15, 0.2) is 0 Å². The molecule has 2 heterocycles. The van der Waals surface area contributed by atoms with Crippen LogP contribution < -0.4 is 5.73 Å². The Morgan fingerprint density at radius 1 is 0.969 bits per heavy atom. The maximum Gasteiger partial charge on any atom is 0.243 e. The Bertz CT molecular complexity index is 954. The molecule has 0 bridgehead atoms. The number of benzene rings is 1. The molecule has 1 aromatic rings. The van der Waals surface area contributed by atoms with E-state index >= 15 is 0 Å². The zero-order valence-electron chi connectivity index (χ0n) is 18.8. The van der Waals surface area contributed by atoms with Crippen molar-refractivity contribution in [1.29, 1.82) is 0 Å². The van der Waals surface area contributed by atoms with Crippen molar-refractivity contribution in [3.05, 3.63) is 29.3 Å². The molecule has 0 aromatic heterocycles. The Labute approximate surface area is 191 Å². The van der Waals surface area contributed by atoms with E-state index in [0.29, 0.717) is 49.7 Å². The normalized spacial score (nSPS) is 23.0. The number of nitrogens with two attached hydrogens (primary N) is 1. The Morgan fingerprint density at radius 2 is 1.69 bits per heavy atom. The van der Waals surface area contributed by atoms with E-state index in [1.54, 1.807) is 10.4 Å². The van der Waals surface area contributed by atoms with E-state index < -0.39 is 10.0 Å². The zero-order valence-corrected chi connectivity index (χ0v) is 19.6. The summed E-state index contributed by atoms with van der Waals surface area (Å²) in [5, 5.41) is 0. The molecule has 2 saturated heterocycles. The summed E-state index contributed by atoms with van der Waals surface area (Å²) in [5.74, 6) is 0.0464. The van der Waals surface area contributed by atoms with Crippen molar-refractivity contribution in [3.8, 4) is 0 Å². The number of likely N-dealkylation sites (tertiary alicyclic amines) is 1. The number of rotatable bonds is 6. The number of amides is 2. The third-order valence-corrected chi connectivity index (χ3v) is 9.29. The van der Waals surface area contributed by atoms with Gasteiger partial charge in [-0.1, -0.05) is 6.07 Å². The summed E-state index contributed by atoms with van der Waals surface area (Å²) >= 11 is 0. The van der Waals surface area contributed by atoms with Crippen molar-refractivity contribution in [2.45, 2.75) is 69.1 Å². The van der Waals surface area contributed by atoms with E-state index in [2.05, 4.69) is 0 Å². The molecule has 4 rings (SSSR count). The minimum absolute atomic E-state index is 0.125. The molecule has 2 aliphatic heterocycles. The minimum atomic E-state index is -3.53. The number of aryl methyl sites for hydroxylation is 2. The SMILES string of the molecule is NC(=O)CCC1CCCN(C(=O)C2CCN(S(=O)(=O)c3ccc4c(c3)CCCC4)CC2)C1. The standard InChI is InChI=1S/C24H35N3O4S/c25-23(28)10-7-18-4-3-13-26(17-18)24(29)20-11-14-27(15-12-20)32(30,31)22-9-8-19-5-1-2-6-21(19)16-22/h8-9,16,18,20H,1-7,10-15,17H2,(H2,25,28). The highest BCUT2D eigenvalue weighted by Gasteiger charge is 2.35. The molecule has 8 heteroatoms. The minimum Gasteiger partial charge on any atom is -0.370 e. The van der Waals surface area contributed by atoms with E-state index in [1.807, 2.05) is 17.0 Å². The molecule has 2 amide bonds. The van der Waals surface area contributed by atoms with Crippen LogP contribution in [0.2, 0.25) is 0 Å². The smallest absolute Gasteiger partial charge is 0.243 e. The molecule has 1 aromatic carbocycles. The second kappa shape index (κ2) is 9.91. The second-order valence-corrected chi connectivity index (χ2v) is 11.6. The van der Waals surface area contributed by atoms with Gasteiger partial charge in [-0.05, 0) is 87.0 Å². The van der Waals surface area contributed by atoms with Crippen LogP contribution in [0.5, 0.6) is 0 Å². The van der Waals surface area contributed by atoms with Gasteiger partial charge in [-0.25, -0.2) is 8.42 Å². The number of carbonyl (C=O) groups is 2. The molecule has 1 unspecified atom stereocenters. The molecular weight excluding hydrogens is 426 g/mol. The molecule has 1 atom stereocenters. The Hall–Kier alpha value is -1.93. The third-order valence-electron chi connectivity index (χ3n) is 7.39. The number of primary amides is 1. The molecule has 0 radical (unpaired) electrons. The highest BCUT2D eigenvalue weighted by molar-refractivity contribution is 7.89. The summed E-state index contributed by atoms with van der Waals surface area (Å²) in [6.45, 7) is 2.20. The monoisotopic (exact) mass is 461 g/mol. The van der Waals surface area contributed by atoms with E-state index in [-0.39, 0.29) is 17.7 Å². The molecule has 2 N–H and O–H groups in total. The number of sulfonamides is 1. The fourth-order valence-electron chi connectivity index (χ4n) is 5.47. The quantitative estimate of drug-likeness (QED) is 0.703. The predicted octanol–water partition coefficient (Wildman–Crippen LogP) is 2.47. The first-order valence-corrected chi connectivity index (χ1v) is 13.5. The van der Waals surface area contributed by atoms with Crippen molar-refractivity contribution < 1.29 is 18.0 Å². The van der Waals surface area contributed by atoms with Gasteiger partial charge in [-0.15, -0.1) is 0 Å². The van der Waals surface area contributed by atoms with Crippen LogP contribution in [0.15, 0.2) is 23.1 Å². The highest BCUT2D eigenvalue weighted by Crippen LogP contribution is 2.30. The van der Waals surface area contributed by atoms with Gasteiger partial charge in [0, 0.05) is 38.5 Å². The van der Waals surface area contributed by atoms with E-state index in [4.69, 9.17) is 5.73 Å². The Kier molecular flexibility index (Phi) is 7.20. The van der Waals surface area contributed by atoms with Gasteiger partial charge in [0.25, 0.3) is 0 Å². The Balaban J connectivity index is 1.34. The van der Waals surface area contributed by atoms with Crippen molar-refractivity contribution in [2.75, 3.05) is 26.2 Å². The summed E-state index contributed by atoms with van der Waals surface area (Å²) in [5.41, 5.74) is 7.71. The first kappa shape index (κ1) is 23.2. The summed E-state index contributed by atoms with van der Waals surface area (Å²) in [6.07, 6.45) is 8.45. The van der Waals surface area contributed by atoms with Crippen molar-refractivity contribution >= 4 is 21.8 Å². The zero-order chi connectivity index (χ0) is 22.7. The van der Waals surface area contributed by atoms with Crippen molar-refractivity contribution in [2.24, 2.45) is 17.6 Å². The van der Waals surface area contributed by atoms with Crippen LogP contribution >= 0.6 is 0 Å². The molecule has 2 fully saturated rings. The first-order chi connectivity index (χ1) is 15.3. The van der Waals surface area contributed by atoms with E-state index in [9.17, 15) is 18.0 Å². The average molecular weight is 462 g/mol. The summed E-state index contributed by atoms with van der Waals surface area (Å²) in [4.78, 5) is 26.5. The fourth-order valence-corrected chi connectivity index (χ4v) is 6.99. The number of hydrogen-bond acceptors (Lipinski definition) is 4. The largest absolute Gasteiger partial charge is 0.370 e. The van der Waals surface area contributed by atoms with Crippen LogP contribution in [0.25, 0.3) is 0 Å². The van der Waals surface area contributed by atoms with Crippen LogP contribution in [0.4, 0.5) is 0 Å². The number of carbonyl (C=O) groups excluding carboxylic acids is 2. The lowest BCUT2D eigenvalue weighted by molar-refractivity contribution is -0.138. The average Bonchev–Trinajstić information content (AvgIpc) is 2.82. The Morgan fingerprint density at radius 3 is 2.41 bits per heavy atom. The van der Waals surface area contributed by atoms with Gasteiger partial charge < -0.3 is 10.6 Å². The maximum atomic E-state index is 13.2. The maximum absolute atomic E-state index is 13.2. The van der Waals surface area contributed by atoms with Crippen molar-refractivity contribution in [3.63, 3.8) is 0 Å².